The van der Waals surface area contributed by atoms with Crippen molar-refractivity contribution in [2.75, 3.05) is 10.8 Å². The van der Waals surface area contributed by atoms with Gasteiger partial charge in [-0.15, -0.1) is 0 Å². The molecule has 1 fully saturated rings. The number of rotatable bonds is 11. The molecular weight excluding hydrogens is 629 g/mol. The fraction of sp³-hybridized carbons (Fsp3) is 0.375. The maximum absolute atomic E-state index is 14.3. The van der Waals surface area contributed by atoms with Crippen molar-refractivity contribution in [3.8, 4) is 0 Å². The number of carbonyl (C=O) groups excluding carboxylic acids is 2. The SMILES string of the molecule is CC[C@H](C(=O)NC1CCCCC1)N(Cc1c(Cl)cccc1Cl)C(=O)CN(c1ccc(C)cc1)S(=O)(=O)c1ccc(Cl)cc1. The molecule has 1 aliphatic carbocycles. The van der Waals surface area contributed by atoms with E-state index >= 15 is 0 Å². The summed E-state index contributed by atoms with van der Waals surface area (Å²) in [7, 11) is -4.20. The molecule has 2 amide bonds. The van der Waals surface area contributed by atoms with Crippen LogP contribution in [0.2, 0.25) is 15.1 Å². The second-order valence-electron chi connectivity index (χ2n) is 10.8. The van der Waals surface area contributed by atoms with Crippen LogP contribution >= 0.6 is 34.8 Å². The van der Waals surface area contributed by atoms with Gasteiger partial charge in [0, 0.05) is 33.2 Å². The maximum atomic E-state index is 14.3. The molecule has 7 nitrogen and oxygen atoms in total. The molecule has 1 saturated carbocycles. The van der Waals surface area contributed by atoms with Crippen LogP contribution in [0.15, 0.2) is 71.6 Å². The smallest absolute Gasteiger partial charge is 0.264 e. The van der Waals surface area contributed by atoms with Gasteiger partial charge in [-0.05, 0) is 74.7 Å². The predicted molar refractivity (Wildman–Crippen MR) is 173 cm³/mol. The number of carbonyl (C=O) groups is 2. The van der Waals surface area contributed by atoms with Gasteiger partial charge in [0.15, 0.2) is 0 Å². The lowest BCUT2D eigenvalue weighted by Crippen LogP contribution is -2.54. The standard InChI is InChI=1S/C32H36Cl3N3O4S/c1-3-30(32(40)36-24-8-5-4-6-9-24)37(20-27-28(34)10-7-11-29(27)35)31(39)21-38(25-16-12-22(2)13-17-25)43(41,42)26-18-14-23(33)15-19-26/h7,10-19,24,30H,3-6,8-9,20-21H2,1-2H3,(H,36,40)/t30-/m1/s1. The summed E-state index contributed by atoms with van der Waals surface area (Å²) in [6.45, 7) is 3.08. The summed E-state index contributed by atoms with van der Waals surface area (Å²) in [6.07, 6.45) is 5.28. The van der Waals surface area contributed by atoms with E-state index in [2.05, 4.69) is 5.32 Å². The average Bonchev–Trinajstić information content (AvgIpc) is 2.98. The zero-order valence-corrected chi connectivity index (χ0v) is 27.3. The molecule has 43 heavy (non-hydrogen) atoms. The van der Waals surface area contributed by atoms with Gasteiger partial charge >= 0.3 is 0 Å². The molecule has 3 aromatic carbocycles. The van der Waals surface area contributed by atoms with Gasteiger partial charge in [-0.25, -0.2) is 8.42 Å². The predicted octanol–water partition coefficient (Wildman–Crippen LogP) is 7.41. The molecule has 1 atom stereocenters. The van der Waals surface area contributed by atoms with Gasteiger partial charge in [0.25, 0.3) is 10.0 Å². The Morgan fingerprint density at radius 2 is 1.51 bits per heavy atom. The molecule has 0 saturated heterocycles. The van der Waals surface area contributed by atoms with Crippen LogP contribution in [0.3, 0.4) is 0 Å². The number of halogens is 3. The van der Waals surface area contributed by atoms with Gasteiger partial charge in [0.05, 0.1) is 10.6 Å². The third-order valence-corrected chi connectivity index (χ3v) is 10.5. The number of sulfonamides is 1. The molecule has 0 radical (unpaired) electrons. The topological polar surface area (TPSA) is 86.8 Å². The summed E-state index contributed by atoms with van der Waals surface area (Å²) in [4.78, 5) is 29.3. The van der Waals surface area contributed by atoms with Crippen LogP contribution in [0.4, 0.5) is 5.69 Å². The number of benzene rings is 3. The summed E-state index contributed by atoms with van der Waals surface area (Å²) in [5, 5.41) is 4.20. The second-order valence-corrected chi connectivity index (χ2v) is 13.9. The van der Waals surface area contributed by atoms with E-state index in [4.69, 9.17) is 34.8 Å². The molecule has 0 aliphatic heterocycles. The molecule has 1 N–H and O–H groups in total. The minimum atomic E-state index is -4.20. The third kappa shape index (κ3) is 8.24. The number of aryl methyl sites for hydroxylation is 1. The molecule has 1 aliphatic rings. The Morgan fingerprint density at radius 3 is 2.09 bits per heavy atom. The van der Waals surface area contributed by atoms with Gasteiger partial charge in [0.2, 0.25) is 11.8 Å². The van der Waals surface area contributed by atoms with Gasteiger partial charge in [-0.3, -0.25) is 13.9 Å². The van der Waals surface area contributed by atoms with Gasteiger partial charge in [-0.2, -0.15) is 0 Å². The number of hydrogen-bond acceptors (Lipinski definition) is 4. The quantitative estimate of drug-likeness (QED) is 0.231. The maximum Gasteiger partial charge on any atom is 0.264 e. The van der Waals surface area contributed by atoms with E-state index in [-0.39, 0.29) is 23.4 Å². The Balaban J connectivity index is 1.73. The van der Waals surface area contributed by atoms with E-state index in [9.17, 15) is 18.0 Å². The first-order chi connectivity index (χ1) is 20.5. The van der Waals surface area contributed by atoms with E-state index in [1.807, 2.05) is 13.8 Å². The van der Waals surface area contributed by atoms with E-state index in [0.717, 1.165) is 42.0 Å². The van der Waals surface area contributed by atoms with E-state index in [1.165, 1.54) is 29.2 Å². The number of nitrogens with zero attached hydrogens (tertiary/aromatic N) is 2. The van der Waals surface area contributed by atoms with Crippen molar-refractivity contribution in [1.29, 1.82) is 0 Å². The molecule has 230 valence electrons. The zero-order chi connectivity index (χ0) is 31.1. The normalized spacial score (nSPS) is 14.6. The number of amides is 2. The summed E-state index contributed by atoms with van der Waals surface area (Å²) in [5.41, 5.74) is 1.72. The highest BCUT2D eigenvalue weighted by molar-refractivity contribution is 7.92. The minimum Gasteiger partial charge on any atom is -0.352 e. The third-order valence-electron chi connectivity index (χ3n) is 7.73. The van der Waals surface area contributed by atoms with Gasteiger partial charge < -0.3 is 10.2 Å². The minimum absolute atomic E-state index is 0.0203. The van der Waals surface area contributed by atoms with E-state index < -0.39 is 28.5 Å². The lowest BCUT2D eigenvalue weighted by Gasteiger charge is -2.34. The fourth-order valence-electron chi connectivity index (χ4n) is 5.29. The lowest BCUT2D eigenvalue weighted by molar-refractivity contribution is -0.140. The highest BCUT2D eigenvalue weighted by Crippen LogP contribution is 2.29. The molecule has 0 aromatic heterocycles. The molecule has 0 unspecified atom stereocenters. The zero-order valence-electron chi connectivity index (χ0n) is 24.2. The van der Waals surface area contributed by atoms with Gasteiger partial charge in [0.1, 0.15) is 12.6 Å². The Kier molecular flexibility index (Phi) is 11.4. The van der Waals surface area contributed by atoms with Crippen molar-refractivity contribution >= 4 is 62.3 Å². The van der Waals surface area contributed by atoms with Crippen LogP contribution in [-0.4, -0.2) is 43.8 Å². The number of anilines is 1. The first-order valence-electron chi connectivity index (χ1n) is 14.4. The highest BCUT2D eigenvalue weighted by atomic mass is 35.5. The lowest BCUT2D eigenvalue weighted by atomic mass is 9.95. The summed E-state index contributed by atoms with van der Waals surface area (Å²) < 4.78 is 29.0. The Morgan fingerprint density at radius 1 is 0.907 bits per heavy atom. The molecule has 0 bridgehead atoms. The Bertz CT molecular complexity index is 1510. The first kappa shape index (κ1) is 33.1. The van der Waals surface area contributed by atoms with Crippen molar-refractivity contribution in [2.45, 2.75) is 75.9 Å². The van der Waals surface area contributed by atoms with Crippen molar-refractivity contribution < 1.29 is 18.0 Å². The molecule has 0 spiro atoms. The van der Waals surface area contributed by atoms with E-state index in [1.54, 1.807) is 42.5 Å². The molecule has 0 heterocycles. The number of nitrogens with one attached hydrogen (secondary N) is 1. The molecule has 4 rings (SSSR count). The molecule has 3 aromatic rings. The van der Waals surface area contributed by atoms with Crippen LogP contribution in [0.5, 0.6) is 0 Å². The van der Waals surface area contributed by atoms with Crippen molar-refractivity contribution in [1.82, 2.24) is 10.2 Å². The van der Waals surface area contributed by atoms with Gasteiger partial charge in [-0.1, -0.05) is 84.8 Å². The average molecular weight is 665 g/mol. The molecule has 11 heteroatoms. The Hall–Kier alpha value is -2.78. The van der Waals surface area contributed by atoms with Crippen molar-refractivity contribution in [3.63, 3.8) is 0 Å². The number of hydrogen-bond donors (Lipinski definition) is 1. The Labute approximate surface area is 269 Å². The highest BCUT2D eigenvalue weighted by Gasteiger charge is 2.35. The summed E-state index contributed by atoms with van der Waals surface area (Å²) >= 11 is 19.0. The second kappa shape index (κ2) is 14.8. The van der Waals surface area contributed by atoms with E-state index in [0.29, 0.717) is 32.7 Å². The van der Waals surface area contributed by atoms with Crippen LogP contribution in [0, 0.1) is 6.92 Å². The monoisotopic (exact) mass is 663 g/mol. The molecular formula is C32H36Cl3N3O4S. The van der Waals surface area contributed by atoms with Crippen molar-refractivity contribution in [2.24, 2.45) is 0 Å². The van der Waals surface area contributed by atoms with Crippen LogP contribution in [-0.2, 0) is 26.2 Å². The van der Waals surface area contributed by atoms with Crippen LogP contribution in [0.1, 0.15) is 56.6 Å². The fourth-order valence-corrected chi connectivity index (χ4v) is 7.35. The van der Waals surface area contributed by atoms with Crippen LogP contribution in [0.25, 0.3) is 0 Å². The first-order valence-corrected chi connectivity index (χ1v) is 17.0. The summed E-state index contributed by atoms with van der Waals surface area (Å²) in [5.74, 6) is -0.854. The van der Waals surface area contributed by atoms with Crippen molar-refractivity contribution in [3.05, 3.63) is 92.9 Å². The largest absolute Gasteiger partial charge is 0.352 e. The summed E-state index contributed by atoms with van der Waals surface area (Å²) in [6, 6.07) is 16.8. The van der Waals surface area contributed by atoms with Crippen LogP contribution < -0.4 is 9.62 Å².